The van der Waals surface area contributed by atoms with Crippen LogP contribution in [0.1, 0.15) is 37.1 Å². The van der Waals surface area contributed by atoms with Crippen LogP contribution in [0, 0.1) is 11.7 Å². The van der Waals surface area contributed by atoms with E-state index in [1.54, 1.807) is 6.20 Å². The van der Waals surface area contributed by atoms with Crippen molar-refractivity contribution in [2.75, 3.05) is 19.6 Å². The fraction of sp³-hybridized carbons (Fsp3) is 0.545. The SMILES string of the molecule is O=C(NCC1CC1)[C@@H]1Cn2ccnc2C2(CCN(Cc3ccc(F)cc3)CC2)O1. The number of halogens is 1. The maximum absolute atomic E-state index is 13.1. The highest BCUT2D eigenvalue weighted by atomic mass is 19.1. The van der Waals surface area contributed by atoms with Crippen molar-refractivity contribution in [1.29, 1.82) is 0 Å². The predicted octanol–water partition coefficient (Wildman–Crippen LogP) is 2.44. The van der Waals surface area contributed by atoms with Gasteiger partial charge in [-0.15, -0.1) is 0 Å². The quantitative estimate of drug-likeness (QED) is 0.841. The summed E-state index contributed by atoms with van der Waals surface area (Å²) in [6, 6.07) is 6.69. The Morgan fingerprint density at radius 2 is 2.00 bits per heavy atom. The second-order valence-corrected chi connectivity index (χ2v) is 8.60. The number of hydrogen-bond acceptors (Lipinski definition) is 4. The molecule has 154 valence electrons. The van der Waals surface area contributed by atoms with Crippen molar-refractivity contribution in [2.24, 2.45) is 5.92 Å². The number of amides is 1. The van der Waals surface area contributed by atoms with Crippen LogP contribution in [-0.4, -0.2) is 46.1 Å². The zero-order chi connectivity index (χ0) is 19.8. The monoisotopic (exact) mass is 398 g/mol. The first-order chi connectivity index (χ1) is 14.1. The van der Waals surface area contributed by atoms with Crippen LogP contribution in [0.5, 0.6) is 0 Å². The highest BCUT2D eigenvalue weighted by Crippen LogP contribution is 2.40. The molecule has 1 amide bonds. The van der Waals surface area contributed by atoms with Crippen molar-refractivity contribution >= 4 is 5.91 Å². The summed E-state index contributed by atoms with van der Waals surface area (Å²) in [6.45, 7) is 3.76. The van der Waals surface area contributed by atoms with Gasteiger partial charge >= 0.3 is 0 Å². The molecule has 5 rings (SSSR count). The third-order valence-corrected chi connectivity index (χ3v) is 6.39. The van der Waals surface area contributed by atoms with Gasteiger partial charge in [0.2, 0.25) is 0 Å². The molecule has 3 heterocycles. The van der Waals surface area contributed by atoms with E-state index in [0.717, 1.165) is 50.4 Å². The van der Waals surface area contributed by atoms with Crippen molar-refractivity contribution in [2.45, 2.75) is 50.5 Å². The van der Waals surface area contributed by atoms with Crippen LogP contribution in [0.25, 0.3) is 0 Å². The molecule has 0 unspecified atom stereocenters. The Kier molecular flexibility index (Phi) is 4.87. The average Bonchev–Trinajstić information content (AvgIpc) is 3.44. The topological polar surface area (TPSA) is 59.4 Å². The number of nitrogens with zero attached hydrogens (tertiary/aromatic N) is 3. The summed E-state index contributed by atoms with van der Waals surface area (Å²) in [5, 5.41) is 3.07. The van der Waals surface area contributed by atoms with Gasteiger partial charge in [0.1, 0.15) is 17.2 Å². The van der Waals surface area contributed by atoms with Crippen molar-refractivity contribution in [3.63, 3.8) is 0 Å². The van der Waals surface area contributed by atoms with E-state index in [9.17, 15) is 9.18 Å². The third kappa shape index (κ3) is 3.94. The molecule has 1 spiro atoms. The zero-order valence-electron chi connectivity index (χ0n) is 16.5. The van der Waals surface area contributed by atoms with Gasteiger partial charge in [0.25, 0.3) is 5.91 Å². The molecular weight excluding hydrogens is 371 g/mol. The number of benzene rings is 1. The number of imidazole rings is 1. The van der Waals surface area contributed by atoms with Gasteiger partial charge in [0.05, 0.1) is 6.54 Å². The molecule has 2 aromatic rings. The molecular formula is C22H27FN4O2. The number of carbonyl (C=O) groups excluding carboxylic acids is 1. The van der Waals surface area contributed by atoms with E-state index < -0.39 is 11.7 Å². The van der Waals surface area contributed by atoms with Gasteiger partial charge < -0.3 is 14.6 Å². The standard InChI is InChI=1S/C22H27FN4O2/c23-18-5-3-17(4-6-18)14-26-10-7-22(8-11-26)21-24-9-12-27(21)15-19(29-22)20(28)25-13-16-1-2-16/h3-6,9,12,16,19H,1-2,7-8,10-11,13-15H2,(H,25,28)/t19-/m0/s1. The minimum absolute atomic E-state index is 0.00985. The second kappa shape index (κ2) is 7.54. The van der Waals surface area contributed by atoms with Crippen LogP contribution < -0.4 is 5.32 Å². The number of carbonyl (C=O) groups is 1. The summed E-state index contributed by atoms with van der Waals surface area (Å²) in [4.78, 5) is 19.6. The van der Waals surface area contributed by atoms with Crippen molar-refractivity contribution < 1.29 is 13.9 Å². The van der Waals surface area contributed by atoms with E-state index in [1.807, 2.05) is 18.3 Å². The van der Waals surface area contributed by atoms with E-state index in [2.05, 4.69) is 19.8 Å². The molecule has 3 aliphatic rings. The van der Waals surface area contributed by atoms with Gasteiger partial charge in [-0.05, 0) is 49.3 Å². The van der Waals surface area contributed by atoms with Crippen LogP contribution in [-0.2, 0) is 28.2 Å². The van der Waals surface area contributed by atoms with Gasteiger partial charge in [-0.25, -0.2) is 9.37 Å². The molecule has 1 saturated carbocycles. The van der Waals surface area contributed by atoms with Crippen LogP contribution in [0.2, 0.25) is 0 Å². The summed E-state index contributed by atoms with van der Waals surface area (Å²) < 4.78 is 21.7. The highest BCUT2D eigenvalue weighted by Gasteiger charge is 2.47. The molecule has 2 aliphatic heterocycles. The lowest BCUT2D eigenvalue weighted by Gasteiger charge is -2.45. The third-order valence-electron chi connectivity index (χ3n) is 6.39. The number of aromatic nitrogens is 2. The molecule has 1 N–H and O–H groups in total. The number of nitrogens with one attached hydrogen (secondary N) is 1. The van der Waals surface area contributed by atoms with E-state index >= 15 is 0 Å². The molecule has 7 heteroatoms. The molecule has 1 aromatic carbocycles. The van der Waals surface area contributed by atoms with Gasteiger partial charge in [-0.3, -0.25) is 9.69 Å². The summed E-state index contributed by atoms with van der Waals surface area (Å²) in [5.74, 6) is 1.37. The van der Waals surface area contributed by atoms with Crippen LogP contribution in [0.4, 0.5) is 4.39 Å². The lowest BCUT2D eigenvalue weighted by molar-refractivity contribution is -0.173. The summed E-state index contributed by atoms with van der Waals surface area (Å²) >= 11 is 0. The first-order valence-electron chi connectivity index (χ1n) is 10.6. The zero-order valence-corrected chi connectivity index (χ0v) is 16.5. The molecule has 0 bridgehead atoms. The first-order valence-corrected chi connectivity index (χ1v) is 10.6. The van der Waals surface area contributed by atoms with E-state index in [4.69, 9.17) is 4.74 Å². The first kappa shape index (κ1) is 18.8. The fourth-order valence-electron chi connectivity index (χ4n) is 4.48. The van der Waals surface area contributed by atoms with Crippen molar-refractivity contribution in [3.05, 3.63) is 53.9 Å². The fourth-order valence-corrected chi connectivity index (χ4v) is 4.48. The molecule has 1 saturated heterocycles. The lowest BCUT2D eigenvalue weighted by atomic mass is 9.88. The number of likely N-dealkylation sites (tertiary alicyclic amines) is 1. The molecule has 0 radical (unpaired) electrons. The predicted molar refractivity (Wildman–Crippen MR) is 105 cm³/mol. The van der Waals surface area contributed by atoms with Crippen LogP contribution in [0.15, 0.2) is 36.7 Å². The molecule has 1 atom stereocenters. The Balaban J connectivity index is 1.26. The maximum atomic E-state index is 13.1. The minimum atomic E-state index is -0.511. The Labute approximate surface area is 170 Å². The Morgan fingerprint density at radius 3 is 2.72 bits per heavy atom. The van der Waals surface area contributed by atoms with Crippen LogP contribution >= 0.6 is 0 Å². The molecule has 6 nitrogen and oxygen atoms in total. The number of rotatable bonds is 5. The highest BCUT2D eigenvalue weighted by molar-refractivity contribution is 5.81. The Bertz CT molecular complexity index is 869. The number of fused-ring (bicyclic) bond motifs is 2. The average molecular weight is 398 g/mol. The Hall–Kier alpha value is -2.25. The van der Waals surface area contributed by atoms with E-state index in [0.29, 0.717) is 12.5 Å². The van der Waals surface area contributed by atoms with Gasteiger partial charge in [-0.1, -0.05) is 12.1 Å². The summed E-state index contributed by atoms with van der Waals surface area (Å²) in [5.41, 5.74) is 0.591. The summed E-state index contributed by atoms with van der Waals surface area (Å²) in [7, 11) is 0. The molecule has 1 aromatic heterocycles. The Morgan fingerprint density at radius 1 is 1.24 bits per heavy atom. The number of piperidine rings is 1. The normalized spacial score (nSPS) is 23.7. The van der Waals surface area contributed by atoms with Gasteiger partial charge in [0.15, 0.2) is 6.10 Å². The summed E-state index contributed by atoms with van der Waals surface area (Å²) in [6.07, 6.45) is 7.28. The van der Waals surface area contributed by atoms with Crippen LogP contribution in [0.3, 0.4) is 0 Å². The number of hydrogen-bond donors (Lipinski definition) is 1. The minimum Gasteiger partial charge on any atom is -0.354 e. The molecule has 2 fully saturated rings. The van der Waals surface area contributed by atoms with E-state index in [-0.39, 0.29) is 11.7 Å². The van der Waals surface area contributed by atoms with Gasteiger partial charge in [0, 0.05) is 38.6 Å². The second-order valence-electron chi connectivity index (χ2n) is 8.60. The lowest BCUT2D eigenvalue weighted by Crippen LogP contribution is -2.54. The molecule has 29 heavy (non-hydrogen) atoms. The van der Waals surface area contributed by atoms with Crippen molar-refractivity contribution in [1.82, 2.24) is 19.8 Å². The largest absolute Gasteiger partial charge is 0.354 e. The van der Waals surface area contributed by atoms with E-state index in [1.165, 1.54) is 25.0 Å². The van der Waals surface area contributed by atoms with Gasteiger partial charge in [-0.2, -0.15) is 0 Å². The van der Waals surface area contributed by atoms with Crippen molar-refractivity contribution in [3.8, 4) is 0 Å². The number of ether oxygens (including phenoxy) is 1. The smallest absolute Gasteiger partial charge is 0.251 e. The molecule has 1 aliphatic carbocycles. The maximum Gasteiger partial charge on any atom is 0.251 e.